The topological polar surface area (TPSA) is 247 Å². The molecule has 10 rings (SSSR count). The average molecular weight is 919 g/mol. The second-order valence-electron chi connectivity index (χ2n) is 16.3. The van der Waals surface area contributed by atoms with Crippen molar-refractivity contribution in [3.05, 3.63) is 143 Å². The van der Waals surface area contributed by atoms with Crippen molar-refractivity contribution >= 4 is 23.2 Å². The lowest BCUT2D eigenvalue weighted by molar-refractivity contribution is -0.0260. The lowest BCUT2D eigenvalue weighted by atomic mass is 10.0. The van der Waals surface area contributed by atoms with Crippen LogP contribution in [-0.2, 0) is 36.4 Å². The Bertz CT molecular complexity index is 3010. The number of amides is 1. The number of aromatic carboxylic acids is 1. The number of hydrogen-bond acceptors (Lipinski definition) is 13. The normalized spacial score (nSPS) is 18.2. The Balaban J connectivity index is 0.000000159. The lowest BCUT2D eigenvalue weighted by Crippen LogP contribution is -2.48. The number of hydrogen-bond donors (Lipinski definition) is 5. The predicted octanol–water partition coefficient (Wildman–Crippen LogP) is 3.39. The van der Waals surface area contributed by atoms with Gasteiger partial charge in [0.25, 0.3) is 5.91 Å². The first kappa shape index (κ1) is 46.2. The van der Waals surface area contributed by atoms with Crippen LogP contribution in [0.4, 0.5) is 8.78 Å². The molecule has 2 fully saturated rings. The molecule has 0 spiro atoms. The van der Waals surface area contributed by atoms with E-state index in [4.69, 9.17) is 20.3 Å². The first-order valence-electron chi connectivity index (χ1n) is 21.3. The van der Waals surface area contributed by atoms with Crippen molar-refractivity contribution < 1.29 is 43.2 Å². The van der Waals surface area contributed by atoms with Gasteiger partial charge in [-0.3, -0.25) is 14.2 Å². The Morgan fingerprint density at radius 2 is 1.21 bits per heavy atom. The fourth-order valence-corrected chi connectivity index (χ4v) is 7.68. The van der Waals surface area contributed by atoms with E-state index in [-0.39, 0.29) is 54.2 Å². The molecule has 348 valence electrons. The summed E-state index contributed by atoms with van der Waals surface area (Å²) in [5.74, 6) is -2.17. The summed E-state index contributed by atoms with van der Waals surface area (Å²) in [5, 5.41) is 47.6. The molecule has 21 heteroatoms. The van der Waals surface area contributed by atoms with Gasteiger partial charge < -0.3 is 35.8 Å². The number of aliphatic hydroxyl groups is 2. The summed E-state index contributed by atoms with van der Waals surface area (Å²) in [6, 6.07) is 12.8. The number of aliphatic hydroxyl groups excluding tert-OH is 2. The number of rotatable bonds is 9. The highest BCUT2D eigenvalue weighted by Crippen LogP contribution is 2.26. The number of nitrogens with two attached hydrogens (primary N) is 1. The van der Waals surface area contributed by atoms with Gasteiger partial charge in [-0.25, -0.2) is 32.6 Å². The second-order valence-corrected chi connectivity index (χ2v) is 16.3. The number of carbonyl (C=O) groups is 2. The van der Waals surface area contributed by atoms with E-state index in [1.54, 1.807) is 59.4 Å². The number of aromatic nitrogens is 10. The maximum absolute atomic E-state index is 14.9. The summed E-state index contributed by atoms with van der Waals surface area (Å²) in [6.45, 7) is 1.75. The Hall–Kier alpha value is -7.30. The molecule has 2 aliphatic rings. The number of carboxylic acids is 1. The molecule has 0 aliphatic carbocycles. The minimum absolute atomic E-state index is 0.0346. The van der Waals surface area contributed by atoms with Crippen LogP contribution in [0.1, 0.15) is 55.8 Å². The first-order chi connectivity index (χ1) is 32.3. The van der Waals surface area contributed by atoms with Crippen molar-refractivity contribution in [2.24, 2.45) is 19.8 Å². The highest BCUT2D eigenvalue weighted by Gasteiger charge is 2.27. The quantitative estimate of drug-likeness (QED) is 0.139. The van der Waals surface area contributed by atoms with Crippen LogP contribution in [0.3, 0.4) is 0 Å². The molecule has 0 bridgehead atoms. The number of ether oxygens (including phenoxy) is 2. The standard InChI is InChI=1S/C23H23FN6O3.C18H14FN5O2.C5H11NO2/c1-29-11-17(9-26-29)15-2-3-16(19(24)8-15)6-14-7-18(22-25-13-27-30(22)10-14)23(32)28-20-4-5-33-12-21(20)31;1-23-9-14(7-21-23)12-2-3-13(16(19)6-12)4-11-5-15(18(25)26)17-20-10-22-24(17)8-11;6-4-1-2-8-3-5(4)7/h2-3,7-11,13,20-21,31H,4-6,12H2,1H3,(H,28,32);2-3,5-10H,4H2,1H3,(H,25,26);4-5,7H,1-3,6H2/t20-,21-;;4-,5-/m0.0/s1. The smallest absolute Gasteiger partial charge is 0.339 e. The van der Waals surface area contributed by atoms with Crippen molar-refractivity contribution in [2.75, 3.05) is 26.4 Å². The van der Waals surface area contributed by atoms with Crippen molar-refractivity contribution in [1.29, 1.82) is 0 Å². The van der Waals surface area contributed by atoms with Crippen LogP contribution in [0.15, 0.2) is 98.4 Å². The van der Waals surface area contributed by atoms with E-state index >= 15 is 0 Å². The number of fused-ring (bicyclic) bond motifs is 2. The number of aryl methyl sites for hydroxylation is 2. The zero-order chi connectivity index (χ0) is 47.2. The third kappa shape index (κ3) is 11.0. The van der Waals surface area contributed by atoms with Gasteiger partial charge in [-0.2, -0.15) is 20.4 Å². The summed E-state index contributed by atoms with van der Waals surface area (Å²) in [5.41, 5.74) is 11.9. The van der Waals surface area contributed by atoms with Gasteiger partial charge in [-0.1, -0.05) is 24.3 Å². The number of halogens is 2. The Labute approximate surface area is 381 Å². The van der Waals surface area contributed by atoms with E-state index in [0.29, 0.717) is 59.7 Å². The van der Waals surface area contributed by atoms with E-state index in [0.717, 1.165) is 28.7 Å². The summed E-state index contributed by atoms with van der Waals surface area (Å²) in [7, 11) is 3.61. The van der Waals surface area contributed by atoms with Crippen LogP contribution < -0.4 is 11.1 Å². The molecule has 2 aromatic carbocycles. The zero-order valence-corrected chi connectivity index (χ0v) is 36.5. The van der Waals surface area contributed by atoms with E-state index in [1.165, 1.54) is 39.9 Å². The SMILES string of the molecule is Cn1cc(-c2ccc(Cc3cc(C(=O)N[C@H]4CCOC[C@@H]4O)c4ncnn4c3)c(F)c2)cn1.Cn1cc(-c2ccc(Cc3cc(C(=O)O)c4ncnn4c3)c(F)c2)cn1.N[C@H]1CCOC[C@@H]1O. The third-order valence-corrected chi connectivity index (χ3v) is 11.3. The number of pyridine rings is 2. The molecule has 1 amide bonds. The molecule has 8 heterocycles. The maximum atomic E-state index is 14.9. The molecule has 6 aromatic heterocycles. The fourth-order valence-electron chi connectivity index (χ4n) is 7.68. The molecule has 0 radical (unpaired) electrons. The van der Waals surface area contributed by atoms with Crippen molar-refractivity contribution in [3.8, 4) is 22.3 Å². The lowest BCUT2D eigenvalue weighted by Gasteiger charge is -2.28. The van der Waals surface area contributed by atoms with Crippen LogP contribution in [-0.4, -0.2) is 127 Å². The monoisotopic (exact) mass is 918 g/mol. The summed E-state index contributed by atoms with van der Waals surface area (Å²) in [6.07, 6.45) is 13.6. The Morgan fingerprint density at radius 1 is 0.701 bits per heavy atom. The third-order valence-electron chi connectivity index (χ3n) is 11.3. The fraction of sp³-hybridized carbons (Fsp3) is 0.304. The molecule has 2 aliphatic heterocycles. The summed E-state index contributed by atoms with van der Waals surface area (Å²) < 4.78 is 45.8. The van der Waals surface area contributed by atoms with E-state index in [9.17, 15) is 28.6 Å². The van der Waals surface area contributed by atoms with E-state index in [1.807, 2.05) is 31.6 Å². The van der Waals surface area contributed by atoms with Crippen molar-refractivity contribution in [3.63, 3.8) is 0 Å². The van der Waals surface area contributed by atoms with Crippen LogP contribution in [0.2, 0.25) is 0 Å². The van der Waals surface area contributed by atoms with Gasteiger partial charge in [-0.05, 0) is 70.5 Å². The van der Waals surface area contributed by atoms with Gasteiger partial charge in [0.2, 0.25) is 0 Å². The van der Waals surface area contributed by atoms with Gasteiger partial charge in [0.15, 0.2) is 11.3 Å². The van der Waals surface area contributed by atoms with Crippen LogP contribution in [0, 0.1) is 11.6 Å². The van der Waals surface area contributed by atoms with Crippen molar-refractivity contribution in [2.45, 2.75) is 50.0 Å². The molecule has 0 unspecified atom stereocenters. The first-order valence-corrected chi connectivity index (χ1v) is 21.3. The molecule has 2 saturated heterocycles. The number of nitrogens with zero attached hydrogens (tertiary/aromatic N) is 10. The largest absolute Gasteiger partial charge is 0.478 e. The molecule has 6 N–H and O–H groups in total. The number of carbonyl (C=O) groups excluding carboxylic acids is 1. The van der Waals surface area contributed by atoms with Gasteiger partial charge in [0.05, 0.1) is 49.4 Å². The van der Waals surface area contributed by atoms with Crippen molar-refractivity contribution in [1.82, 2.24) is 54.1 Å². The van der Waals surface area contributed by atoms with Crippen LogP contribution >= 0.6 is 0 Å². The highest BCUT2D eigenvalue weighted by molar-refractivity contribution is 6.00. The predicted molar refractivity (Wildman–Crippen MR) is 238 cm³/mol. The molecule has 8 aromatic rings. The molecule has 67 heavy (non-hydrogen) atoms. The number of carboxylic acid groups (broad SMARTS) is 1. The Morgan fingerprint density at radius 3 is 1.66 bits per heavy atom. The van der Waals surface area contributed by atoms with Gasteiger partial charge in [0.1, 0.15) is 29.9 Å². The van der Waals surface area contributed by atoms with E-state index in [2.05, 4.69) is 35.7 Å². The molecule has 19 nitrogen and oxygen atoms in total. The molecular formula is C46H48F2N12O7. The highest BCUT2D eigenvalue weighted by atomic mass is 19.1. The van der Waals surface area contributed by atoms with Crippen LogP contribution in [0.5, 0.6) is 0 Å². The Kier molecular flexibility index (Phi) is 14.1. The number of nitrogens with one attached hydrogen (secondary N) is 1. The van der Waals surface area contributed by atoms with Gasteiger partial charge in [-0.15, -0.1) is 0 Å². The van der Waals surface area contributed by atoms with Gasteiger partial charge >= 0.3 is 5.97 Å². The molecular weight excluding hydrogens is 871 g/mol. The summed E-state index contributed by atoms with van der Waals surface area (Å²) >= 11 is 0. The minimum Gasteiger partial charge on any atom is -0.478 e. The second kappa shape index (κ2) is 20.5. The maximum Gasteiger partial charge on any atom is 0.339 e. The van der Waals surface area contributed by atoms with Crippen LogP contribution in [0.25, 0.3) is 33.5 Å². The average Bonchev–Trinajstić information content (AvgIpc) is 4.16. The zero-order valence-electron chi connectivity index (χ0n) is 36.5. The van der Waals surface area contributed by atoms with E-state index < -0.39 is 24.2 Å². The number of benzene rings is 2. The van der Waals surface area contributed by atoms with Gasteiger partial charge in [0, 0.05) is 82.1 Å². The molecule has 4 atom stereocenters. The molecule has 0 saturated carbocycles. The summed E-state index contributed by atoms with van der Waals surface area (Å²) in [4.78, 5) is 32.6. The minimum atomic E-state index is -1.10.